The highest BCUT2D eigenvalue weighted by atomic mass is 32.2. The average molecular weight is 219 g/mol. The van der Waals surface area contributed by atoms with Crippen molar-refractivity contribution in [2.24, 2.45) is 0 Å². The highest BCUT2D eigenvalue weighted by Gasteiger charge is 2.18. The van der Waals surface area contributed by atoms with E-state index in [9.17, 15) is 13.2 Å². The number of Topliss-reactive ketones (excluding diaryl/α,β-unsaturated/α-hetero) is 1. The van der Waals surface area contributed by atoms with Crippen LogP contribution >= 0.6 is 0 Å². The molecule has 1 saturated heterocycles. The molecule has 1 fully saturated rings. The van der Waals surface area contributed by atoms with Crippen LogP contribution in [0.2, 0.25) is 0 Å². The predicted molar refractivity (Wildman–Crippen MR) is 55.0 cm³/mol. The first kappa shape index (κ1) is 11.7. The molecule has 0 saturated carbocycles. The van der Waals surface area contributed by atoms with Crippen LogP contribution in [0.4, 0.5) is 0 Å². The number of carbonyl (C=O) groups is 1. The van der Waals surface area contributed by atoms with Gasteiger partial charge in [0.15, 0.2) is 0 Å². The maximum absolute atomic E-state index is 11.3. The molecule has 1 rings (SSSR count). The third-order valence-corrected chi connectivity index (χ3v) is 3.33. The van der Waals surface area contributed by atoms with Gasteiger partial charge >= 0.3 is 0 Å². The molecule has 0 aromatic heterocycles. The SMILES string of the molecule is CS(=O)(=O)CCC(=O)CC1CCCN1. The van der Waals surface area contributed by atoms with Crippen LogP contribution < -0.4 is 5.32 Å². The van der Waals surface area contributed by atoms with Gasteiger partial charge in [0.05, 0.1) is 5.75 Å². The minimum Gasteiger partial charge on any atom is -0.314 e. The molecule has 14 heavy (non-hydrogen) atoms. The second kappa shape index (κ2) is 4.89. The summed E-state index contributed by atoms with van der Waals surface area (Å²) >= 11 is 0. The number of sulfone groups is 1. The van der Waals surface area contributed by atoms with E-state index in [1.54, 1.807) is 0 Å². The molecule has 1 atom stereocenters. The molecule has 0 aliphatic carbocycles. The quantitative estimate of drug-likeness (QED) is 0.714. The van der Waals surface area contributed by atoms with Gasteiger partial charge in [-0.2, -0.15) is 0 Å². The topological polar surface area (TPSA) is 63.2 Å². The second-order valence-corrected chi connectivity index (χ2v) is 6.18. The third-order valence-electron chi connectivity index (χ3n) is 2.39. The molecule has 5 heteroatoms. The molecule has 0 radical (unpaired) electrons. The Labute approximate surface area is 85.0 Å². The lowest BCUT2D eigenvalue weighted by Crippen LogP contribution is -2.25. The Morgan fingerprint density at radius 2 is 2.21 bits per heavy atom. The van der Waals surface area contributed by atoms with Crippen LogP contribution in [-0.2, 0) is 14.6 Å². The van der Waals surface area contributed by atoms with Crippen molar-refractivity contribution in [2.45, 2.75) is 31.7 Å². The third kappa shape index (κ3) is 4.72. The fourth-order valence-electron chi connectivity index (χ4n) is 1.61. The van der Waals surface area contributed by atoms with Gasteiger partial charge in [-0.25, -0.2) is 8.42 Å². The average Bonchev–Trinajstić information content (AvgIpc) is 2.52. The van der Waals surface area contributed by atoms with Crippen LogP contribution in [0.1, 0.15) is 25.7 Å². The second-order valence-electron chi connectivity index (χ2n) is 3.92. The van der Waals surface area contributed by atoms with Crippen molar-refractivity contribution in [1.29, 1.82) is 0 Å². The largest absolute Gasteiger partial charge is 0.314 e. The molecule has 1 N–H and O–H groups in total. The summed E-state index contributed by atoms with van der Waals surface area (Å²) in [5.41, 5.74) is 0. The zero-order valence-corrected chi connectivity index (χ0v) is 9.27. The van der Waals surface area contributed by atoms with Crippen molar-refractivity contribution >= 4 is 15.6 Å². The molecule has 82 valence electrons. The van der Waals surface area contributed by atoms with Crippen molar-refractivity contribution in [3.63, 3.8) is 0 Å². The first-order valence-electron chi connectivity index (χ1n) is 4.90. The van der Waals surface area contributed by atoms with Crippen LogP contribution in [0.5, 0.6) is 0 Å². The molecule has 1 unspecified atom stereocenters. The van der Waals surface area contributed by atoms with Gasteiger partial charge in [-0.05, 0) is 19.4 Å². The minimum atomic E-state index is -2.99. The number of hydrogen-bond acceptors (Lipinski definition) is 4. The Kier molecular flexibility index (Phi) is 4.07. The van der Waals surface area contributed by atoms with Gasteiger partial charge in [0, 0.05) is 25.1 Å². The standard InChI is InChI=1S/C9H17NO3S/c1-14(12,13)6-4-9(11)7-8-3-2-5-10-8/h8,10H,2-7H2,1H3. The van der Waals surface area contributed by atoms with Crippen molar-refractivity contribution < 1.29 is 13.2 Å². The van der Waals surface area contributed by atoms with E-state index in [0.29, 0.717) is 6.42 Å². The predicted octanol–water partition coefficient (Wildman–Crippen LogP) is 0.132. The van der Waals surface area contributed by atoms with Gasteiger partial charge in [0.1, 0.15) is 15.6 Å². The van der Waals surface area contributed by atoms with E-state index < -0.39 is 9.84 Å². The molecule has 4 nitrogen and oxygen atoms in total. The summed E-state index contributed by atoms with van der Waals surface area (Å²) < 4.78 is 21.6. The van der Waals surface area contributed by atoms with Gasteiger partial charge in [-0.15, -0.1) is 0 Å². The van der Waals surface area contributed by atoms with E-state index >= 15 is 0 Å². The first-order chi connectivity index (χ1) is 6.47. The Balaban J connectivity index is 2.22. The fourth-order valence-corrected chi connectivity index (χ4v) is 2.21. The van der Waals surface area contributed by atoms with E-state index in [-0.39, 0.29) is 24.0 Å². The van der Waals surface area contributed by atoms with E-state index in [2.05, 4.69) is 5.32 Å². The number of rotatable bonds is 5. The van der Waals surface area contributed by atoms with Gasteiger partial charge < -0.3 is 5.32 Å². The number of nitrogens with one attached hydrogen (secondary N) is 1. The van der Waals surface area contributed by atoms with E-state index in [0.717, 1.165) is 25.6 Å². The highest BCUT2D eigenvalue weighted by Crippen LogP contribution is 2.10. The monoisotopic (exact) mass is 219 g/mol. The summed E-state index contributed by atoms with van der Waals surface area (Å²) in [7, 11) is -2.99. The Morgan fingerprint density at radius 1 is 1.50 bits per heavy atom. The van der Waals surface area contributed by atoms with Crippen molar-refractivity contribution in [3.05, 3.63) is 0 Å². The Bertz CT molecular complexity index is 291. The summed E-state index contributed by atoms with van der Waals surface area (Å²) in [5, 5.41) is 3.21. The maximum Gasteiger partial charge on any atom is 0.147 e. The molecule has 0 spiro atoms. The molecule has 0 amide bonds. The molecule has 1 heterocycles. The lowest BCUT2D eigenvalue weighted by molar-refractivity contribution is -0.119. The lowest BCUT2D eigenvalue weighted by Gasteiger charge is -2.07. The Morgan fingerprint density at radius 3 is 2.71 bits per heavy atom. The van der Waals surface area contributed by atoms with Crippen LogP contribution in [-0.4, -0.2) is 38.8 Å². The van der Waals surface area contributed by atoms with Gasteiger partial charge in [0.25, 0.3) is 0 Å². The Hall–Kier alpha value is -0.420. The number of carbonyl (C=O) groups excluding carboxylic acids is 1. The minimum absolute atomic E-state index is 0.0153. The van der Waals surface area contributed by atoms with Gasteiger partial charge in [-0.3, -0.25) is 4.79 Å². The van der Waals surface area contributed by atoms with E-state index in [1.807, 2.05) is 0 Å². The van der Waals surface area contributed by atoms with Crippen molar-refractivity contribution in [1.82, 2.24) is 5.32 Å². The molecule has 1 aliphatic heterocycles. The van der Waals surface area contributed by atoms with Crippen molar-refractivity contribution in [2.75, 3.05) is 18.6 Å². The van der Waals surface area contributed by atoms with Gasteiger partial charge in [-0.1, -0.05) is 0 Å². The smallest absolute Gasteiger partial charge is 0.147 e. The molecule has 0 aromatic rings. The zero-order chi connectivity index (χ0) is 10.6. The summed E-state index contributed by atoms with van der Waals surface area (Å²) in [4.78, 5) is 11.3. The van der Waals surface area contributed by atoms with E-state index in [4.69, 9.17) is 0 Å². The lowest BCUT2D eigenvalue weighted by atomic mass is 10.1. The summed E-state index contributed by atoms with van der Waals surface area (Å²) in [6, 6.07) is 0.280. The normalized spacial score (nSPS) is 22.5. The summed E-state index contributed by atoms with van der Waals surface area (Å²) in [6.07, 6.45) is 3.95. The highest BCUT2D eigenvalue weighted by molar-refractivity contribution is 7.90. The number of ketones is 1. The maximum atomic E-state index is 11.3. The van der Waals surface area contributed by atoms with Crippen LogP contribution in [0.25, 0.3) is 0 Å². The molecule has 1 aliphatic rings. The zero-order valence-electron chi connectivity index (χ0n) is 8.45. The van der Waals surface area contributed by atoms with Gasteiger partial charge in [0.2, 0.25) is 0 Å². The molecule has 0 bridgehead atoms. The first-order valence-corrected chi connectivity index (χ1v) is 6.96. The molecular formula is C9H17NO3S. The number of hydrogen-bond donors (Lipinski definition) is 1. The van der Waals surface area contributed by atoms with Crippen LogP contribution in [0, 0.1) is 0 Å². The molecule has 0 aromatic carbocycles. The fraction of sp³-hybridized carbons (Fsp3) is 0.889. The summed E-state index contributed by atoms with van der Waals surface area (Å²) in [6.45, 7) is 0.976. The summed E-state index contributed by atoms with van der Waals surface area (Å²) in [5.74, 6) is 0.0354. The van der Waals surface area contributed by atoms with Crippen molar-refractivity contribution in [3.8, 4) is 0 Å². The van der Waals surface area contributed by atoms with E-state index in [1.165, 1.54) is 0 Å². The van der Waals surface area contributed by atoms with Crippen LogP contribution in [0.15, 0.2) is 0 Å². The molecular weight excluding hydrogens is 202 g/mol. The van der Waals surface area contributed by atoms with Crippen LogP contribution in [0.3, 0.4) is 0 Å².